The van der Waals surface area contributed by atoms with E-state index in [1.165, 1.54) is 0 Å². The van der Waals surface area contributed by atoms with E-state index in [9.17, 15) is 0 Å². The number of rotatable bonds is 0. The van der Waals surface area contributed by atoms with Crippen LogP contribution in [0.4, 0.5) is 0 Å². The molecule has 0 radical (unpaired) electrons. The summed E-state index contributed by atoms with van der Waals surface area (Å²) in [5, 5.41) is 0. The molecule has 0 aliphatic rings. The van der Waals surface area contributed by atoms with Crippen LogP contribution in [0.3, 0.4) is 0 Å². The maximum absolute atomic E-state index is 4.38. The molecule has 0 N–H and O–H groups in total. The molecule has 0 heterocycles. The van der Waals surface area contributed by atoms with Crippen LogP contribution in [0.5, 0.6) is 0 Å². The van der Waals surface area contributed by atoms with Gasteiger partial charge in [0.1, 0.15) is 0 Å². The van der Waals surface area contributed by atoms with Crippen LogP contribution in [0.15, 0.2) is 5.73 Å². The van der Waals surface area contributed by atoms with Crippen molar-refractivity contribution in [3.05, 3.63) is 18.9 Å². The Bertz CT molecular complexity index is 25.9. The molecule has 16 valence electrons. The maximum atomic E-state index is 4.38. The third-order valence-corrected chi connectivity index (χ3v) is 0. The molecule has 2 heteroatoms. The van der Waals surface area contributed by atoms with Crippen LogP contribution >= 0.6 is 0 Å². The first kappa shape index (κ1) is 17.2. The molecule has 0 bridgehead atoms. The Morgan fingerprint density at radius 3 is 1.00 bits per heavy atom. The Labute approximate surface area is 56.7 Å². The molecule has 0 unspecified atom stereocenters. The number of hydrogen-bond acceptors (Lipinski definition) is 0. The van der Waals surface area contributed by atoms with Gasteiger partial charge < -0.3 is 18.9 Å². The molecular weight excluding hydrogens is 49.9 g/mol. The van der Waals surface area contributed by atoms with Crippen molar-refractivity contribution in [2.45, 2.75) is 0 Å². The van der Waals surface area contributed by atoms with Crippen LogP contribution < -0.4 is 37.7 Å². The van der Waals surface area contributed by atoms with Crippen LogP contribution in [-0.4, -0.2) is 0 Å². The van der Waals surface area contributed by atoms with E-state index >= 15 is 0 Å². The van der Waals surface area contributed by atoms with Crippen molar-refractivity contribution in [1.82, 2.24) is 0 Å². The largest absolute Gasteiger partial charge is 1.00 e. The van der Waals surface area contributed by atoms with Crippen molar-refractivity contribution >= 4 is 0 Å². The third-order valence-electron chi connectivity index (χ3n) is 0. The van der Waals surface area contributed by atoms with Gasteiger partial charge in [0, 0.05) is 0 Å². The van der Waals surface area contributed by atoms with Crippen LogP contribution in [0.1, 0.15) is 0 Å². The summed E-state index contributed by atoms with van der Waals surface area (Å²) in [6.07, 6.45) is 0. The minimum Gasteiger partial charge on any atom is -0.567 e. The van der Waals surface area contributed by atoms with E-state index in [0.717, 1.165) is 0 Å². The van der Waals surface area contributed by atoms with Gasteiger partial charge in [-0.05, 0) is 0 Å². The molecule has 0 aliphatic heterocycles. The first-order valence-electron chi connectivity index (χ1n) is 0.577. The molecular formula is C3H2Li2. The molecule has 0 aromatic carbocycles. The summed E-state index contributed by atoms with van der Waals surface area (Å²) in [7, 11) is 0. The van der Waals surface area contributed by atoms with Crippen LogP contribution in [-0.2, 0) is 0 Å². The molecule has 0 atom stereocenters. The average molecular weight is 51.9 g/mol. The van der Waals surface area contributed by atoms with Crippen molar-refractivity contribution in [2.24, 2.45) is 0 Å². The van der Waals surface area contributed by atoms with E-state index in [-0.39, 0.29) is 37.7 Å². The Morgan fingerprint density at radius 1 is 1.00 bits per heavy atom. The summed E-state index contributed by atoms with van der Waals surface area (Å²) in [6, 6.07) is 0. The third kappa shape index (κ3) is 68.0. The molecule has 0 saturated heterocycles. The fraction of sp³-hybridized carbons (Fsp3) is 0. The van der Waals surface area contributed by atoms with E-state index in [1.54, 1.807) is 5.73 Å². The van der Waals surface area contributed by atoms with Gasteiger partial charge >= 0.3 is 37.7 Å². The SMILES string of the molecule is [CH-]=C=[CH-].[Li+].[Li+]. The first-order valence-corrected chi connectivity index (χ1v) is 0.577. The predicted molar refractivity (Wildman–Crippen MR) is 12.1 cm³/mol. The van der Waals surface area contributed by atoms with Gasteiger partial charge in [0.05, 0.1) is 0 Å². The smallest absolute Gasteiger partial charge is 0.567 e. The summed E-state index contributed by atoms with van der Waals surface area (Å²) in [5.74, 6) is 0. The second-order valence-corrected chi connectivity index (χ2v) is 0.167. The van der Waals surface area contributed by atoms with Gasteiger partial charge in [-0.1, -0.05) is 0 Å². The maximum Gasteiger partial charge on any atom is 1.00 e. The zero-order valence-electron chi connectivity index (χ0n) is 3.65. The molecule has 0 saturated carbocycles. The molecule has 0 spiro atoms. The molecule has 0 aromatic heterocycles. The molecule has 0 aromatic rings. The van der Waals surface area contributed by atoms with Crippen molar-refractivity contribution < 1.29 is 37.7 Å². The van der Waals surface area contributed by atoms with Crippen molar-refractivity contribution in [2.75, 3.05) is 0 Å². The van der Waals surface area contributed by atoms with E-state index in [2.05, 4.69) is 13.2 Å². The molecule has 0 aliphatic carbocycles. The van der Waals surface area contributed by atoms with Crippen molar-refractivity contribution in [3.8, 4) is 0 Å². The van der Waals surface area contributed by atoms with Gasteiger partial charge in [0.15, 0.2) is 0 Å². The van der Waals surface area contributed by atoms with Gasteiger partial charge in [0.2, 0.25) is 0 Å². The fourth-order valence-electron chi connectivity index (χ4n) is 0. The topological polar surface area (TPSA) is 0 Å². The van der Waals surface area contributed by atoms with Crippen LogP contribution in [0, 0.1) is 13.2 Å². The Kier molecular flexibility index (Phi) is 76.3. The minimum absolute atomic E-state index is 0. The van der Waals surface area contributed by atoms with Gasteiger partial charge in [-0.25, -0.2) is 0 Å². The Balaban J connectivity index is -0.0000000200. The van der Waals surface area contributed by atoms with Gasteiger partial charge in [0.25, 0.3) is 0 Å². The first-order chi connectivity index (χ1) is 1.41. The predicted octanol–water partition coefficient (Wildman–Crippen LogP) is -5.43. The van der Waals surface area contributed by atoms with Crippen LogP contribution in [0.2, 0.25) is 0 Å². The van der Waals surface area contributed by atoms with Crippen molar-refractivity contribution in [1.29, 1.82) is 0 Å². The van der Waals surface area contributed by atoms with E-state index in [0.29, 0.717) is 0 Å². The zero-order chi connectivity index (χ0) is 2.71. The monoisotopic (exact) mass is 52.0 g/mol. The molecule has 0 fully saturated rings. The van der Waals surface area contributed by atoms with Gasteiger partial charge in [-0.3, -0.25) is 0 Å². The molecule has 0 rings (SSSR count). The average Bonchev–Trinajstić information content (AvgIpc) is 0.918. The Hall–Kier alpha value is 0.715. The van der Waals surface area contributed by atoms with E-state index in [1.807, 2.05) is 0 Å². The summed E-state index contributed by atoms with van der Waals surface area (Å²) in [5.41, 5.74) is 1.75. The second-order valence-electron chi connectivity index (χ2n) is 0.167. The second kappa shape index (κ2) is 22.1. The minimum atomic E-state index is 0. The van der Waals surface area contributed by atoms with E-state index in [4.69, 9.17) is 0 Å². The fourth-order valence-corrected chi connectivity index (χ4v) is 0. The molecule has 5 heavy (non-hydrogen) atoms. The standard InChI is InChI=1S/C3H2.2Li/c1-3-2;;/h1-2H;;/q-2;2*+1. The summed E-state index contributed by atoms with van der Waals surface area (Å²) in [4.78, 5) is 0. The summed E-state index contributed by atoms with van der Waals surface area (Å²) in [6.45, 7) is 8.75. The summed E-state index contributed by atoms with van der Waals surface area (Å²) < 4.78 is 0. The number of hydrogen-bond donors (Lipinski definition) is 0. The van der Waals surface area contributed by atoms with Crippen molar-refractivity contribution in [3.63, 3.8) is 0 Å². The van der Waals surface area contributed by atoms with Crippen LogP contribution in [0.25, 0.3) is 0 Å². The molecule has 0 nitrogen and oxygen atoms in total. The molecule has 0 amide bonds. The van der Waals surface area contributed by atoms with E-state index < -0.39 is 0 Å². The quantitative estimate of drug-likeness (QED) is 0.146. The van der Waals surface area contributed by atoms with Gasteiger partial charge in [-0.15, -0.1) is 0 Å². The normalized spacial score (nSPS) is 1.60. The zero-order valence-corrected chi connectivity index (χ0v) is 3.65. The van der Waals surface area contributed by atoms with Gasteiger partial charge in [-0.2, -0.15) is 0 Å². The summed E-state index contributed by atoms with van der Waals surface area (Å²) >= 11 is 0. The Morgan fingerprint density at radius 2 is 1.00 bits per heavy atom.